The molecule has 0 amide bonds. The van der Waals surface area contributed by atoms with Gasteiger partial charge in [0.2, 0.25) is 0 Å². The van der Waals surface area contributed by atoms with Crippen molar-refractivity contribution in [3.05, 3.63) is 56.9 Å². The molecule has 0 atom stereocenters. The maximum Gasteiger partial charge on any atom is 0.325 e. The van der Waals surface area contributed by atoms with E-state index < -0.39 is 26.2 Å². The van der Waals surface area contributed by atoms with Crippen LogP contribution in [0.25, 0.3) is 0 Å². The van der Waals surface area contributed by atoms with Crippen LogP contribution < -0.4 is 16.0 Å². The molecule has 0 saturated heterocycles. The number of benzene rings is 1. The topological polar surface area (TPSA) is 112 Å². The monoisotopic (exact) mass is 309 g/mol. The number of nitrogens with one attached hydrogen (secondary N) is 3. The highest BCUT2D eigenvalue weighted by Crippen LogP contribution is 2.18. The molecule has 1 aromatic carbocycles. The van der Waals surface area contributed by atoms with Gasteiger partial charge in [-0.15, -0.1) is 0 Å². The van der Waals surface area contributed by atoms with Gasteiger partial charge < -0.3 is 4.98 Å². The number of aromatic nitrogens is 2. The van der Waals surface area contributed by atoms with Crippen LogP contribution in [0.5, 0.6) is 0 Å². The fourth-order valence-electron chi connectivity index (χ4n) is 1.74. The predicted molar refractivity (Wildman–Crippen MR) is 79.0 cm³/mol. The number of anilines is 1. The first-order chi connectivity index (χ1) is 9.79. The van der Waals surface area contributed by atoms with E-state index in [0.717, 1.165) is 11.8 Å². The maximum atomic E-state index is 12.1. The number of sulfonamides is 1. The Morgan fingerprint density at radius 1 is 1.10 bits per heavy atom. The van der Waals surface area contributed by atoms with Gasteiger partial charge in [-0.2, -0.15) is 0 Å². The lowest BCUT2D eigenvalue weighted by Gasteiger charge is -2.09. The van der Waals surface area contributed by atoms with E-state index in [1.807, 2.05) is 18.8 Å². The van der Waals surface area contributed by atoms with E-state index in [4.69, 9.17) is 0 Å². The third-order valence-corrected chi connectivity index (χ3v) is 4.29. The first-order valence-corrected chi connectivity index (χ1v) is 7.73. The lowest BCUT2D eigenvalue weighted by Crippen LogP contribution is -2.29. The highest BCUT2D eigenvalue weighted by Gasteiger charge is 2.18. The highest BCUT2D eigenvalue weighted by atomic mass is 32.2. The van der Waals surface area contributed by atoms with Crippen molar-refractivity contribution in [2.24, 2.45) is 0 Å². The van der Waals surface area contributed by atoms with Crippen molar-refractivity contribution in [3.63, 3.8) is 0 Å². The molecule has 3 N–H and O–H groups in total. The Morgan fingerprint density at radius 2 is 1.71 bits per heavy atom. The molecule has 2 aromatic rings. The zero-order valence-corrected chi connectivity index (χ0v) is 12.3. The molecule has 0 aliphatic carbocycles. The van der Waals surface area contributed by atoms with Gasteiger partial charge in [0.15, 0.2) is 4.90 Å². The number of hydrogen-bond donors (Lipinski definition) is 3. The van der Waals surface area contributed by atoms with E-state index in [0.29, 0.717) is 11.6 Å². The molecule has 0 spiro atoms. The molecule has 0 fully saturated rings. The van der Waals surface area contributed by atoms with E-state index in [9.17, 15) is 18.0 Å². The largest absolute Gasteiger partial charge is 0.325 e. The molecule has 1 heterocycles. The second-order valence-electron chi connectivity index (χ2n) is 4.82. The Labute approximate surface area is 121 Å². The molecule has 0 bridgehead atoms. The van der Waals surface area contributed by atoms with Crippen LogP contribution in [0.4, 0.5) is 5.69 Å². The SMILES string of the molecule is CC(C)c1ccc(NS(=O)(=O)c2c[nH]c(=O)[nH]c2=O)cc1. The van der Waals surface area contributed by atoms with Crippen LogP contribution in [0.3, 0.4) is 0 Å². The zero-order chi connectivity index (χ0) is 15.6. The Hall–Kier alpha value is -2.35. The van der Waals surface area contributed by atoms with Crippen molar-refractivity contribution < 1.29 is 8.42 Å². The first kappa shape index (κ1) is 15.0. The fraction of sp³-hybridized carbons (Fsp3) is 0.231. The molecular formula is C13H15N3O4S. The summed E-state index contributed by atoms with van der Waals surface area (Å²) in [4.78, 5) is 25.9. The van der Waals surface area contributed by atoms with Gasteiger partial charge in [0.1, 0.15) is 0 Å². The lowest BCUT2D eigenvalue weighted by molar-refractivity contribution is 0.599. The standard InChI is InChI=1S/C13H15N3O4S/c1-8(2)9-3-5-10(6-4-9)16-21(19,20)11-7-14-13(18)15-12(11)17/h3-8,16H,1-2H3,(H2,14,15,17,18). The van der Waals surface area contributed by atoms with Gasteiger partial charge in [-0.1, -0.05) is 26.0 Å². The molecule has 2 rings (SSSR count). The summed E-state index contributed by atoms with van der Waals surface area (Å²) in [6.45, 7) is 4.05. The van der Waals surface area contributed by atoms with Gasteiger partial charge in [-0.25, -0.2) is 13.2 Å². The Kier molecular flexibility index (Phi) is 3.99. The molecule has 7 nitrogen and oxygen atoms in total. The molecule has 1 aromatic heterocycles. The van der Waals surface area contributed by atoms with Crippen LogP contribution >= 0.6 is 0 Å². The van der Waals surface area contributed by atoms with Gasteiger partial charge in [0.25, 0.3) is 15.6 Å². The van der Waals surface area contributed by atoms with Crippen molar-refractivity contribution in [3.8, 4) is 0 Å². The summed E-state index contributed by atoms with van der Waals surface area (Å²) < 4.78 is 26.5. The molecule has 0 aliphatic rings. The third kappa shape index (κ3) is 3.40. The molecular weight excluding hydrogens is 294 g/mol. The number of H-pyrrole nitrogens is 2. The fourth-order valence-corrected chi connectivity index (χ4v) is 2.81. The van der Waals surface area contributed by atoms with Crippen molar-refractivity contribution in [1.82, 2.24) is 9.97 Å². The molecule has 0 radical (unpaired) electrons. The number of aromatic amines is 2. The van der Waals surface area contributed by atoms with E-state index in [1.54, 1.807) is 24.3 Å². The molecule has 112 valence electrons. The summed E-state index contributed by atoms with van der Waals surface area (Å²) in [5.74, 6) is 0.331. The van der Waals surface area contributed by atoms with Crippen molar-refractivity contribution >= 4 is 15.7 Å². The van der Waals surface area contributed by atoms with E-state index in [1.165, 1.54) is 0 Å². The van der Waals surface area contributed by atoms with Crippen LogP contribution in [-0.4, -0.2) is 18.4 Å². The van der Waals surface area contributed by atoms with Gasteiger partial charge in [0.05, 0.1) is 0 Å². The van der Waals surface area contributed by atoms with Crippen molar-refractivity contribution in [1.29, 1.82) is 0 Å². The third-order valence-electron chi connectivity index (χ3n) is 2.90. The average Bonchev–Trinajstić information content (AvgIpc) is 2.38. The molecule has 0 unspecified atom stereocenters. The first-order valence-electron chi connectivity index (χ1n) is 6.24. The Morgan fingerprint density at radius 3 is 2.24 bits per heavy atom. The number of hydrogen-bond acceptors (Lipinski definition) is 4. The van der Waals surface area contributed by atoms with Gasteiger partial charge in [-0.3, -0.25) is 14.5 Å². The summed E-state index contributed by atoms with van der Waals surface area (Å²) >= 11 is 0. The normalized spacial score (nSPS) is 11.6. The lowest BCUT2D eigenvalue weighted by atomic mass is 10.0. The van der Waals surface area contributed by atoms with Crippen LogP contribution in [-0.2, 0) is 10.0 Å². The zero-order valence-electron chi connectivity index (χ0n) is 11.5. The molecule has 0 saturated carbocycles. The second kappa shape index (κ2) is 5.57. The maximum absolute atomic E-state index is 12.1. The molecule has 21 heavy (non-hydrogen) atoms. The summed E-state index contributed by atoms with van der Waals surface area (Å²) in [5, 5.41) is 0. The average molecular weight is 309 g/mol. The van der Waals surface area contributed by atoms with Crippen LogP contribution in [0.15, 0.2) is 44.9 Å². The highest BCUT2D eigenvalue weighted by molar-refractivity contribution is 7.92. The minimum atomic E-state index is -4.06. The van der Waals surface area contributed by atoms with Crippen LogP contribution in [0, 0.1) is 0 Å². The van der Waals surface area contributed by atoms with Crippen LogP contribution in [0.1, 0.15) is 25.3 Å². The predicted octanol–water partition coefficient (Wildman–Crippen LogP) is 0.987. The summed E-state index contributed by atoms with van der Waals surface area (Å²) in [7, 11) is -4.06. The summed E-state index contributed by atoms with van der Waals surface area (Å²) in [5.41, 5.74) is -0.324. The minimum absolute atomic E-state index is 0.331. The second-order valence-corrected chi connectivity index (χ2v) is 6.47. The van der Waals surface area contributed by atoms with Crippen molar-refractivity contribution in [2.45, 2.75) is 24.7 Å². The Bertz CT molecular complexity index is 848. The van der Waals surface area contributed by atoms with E-state index >= 15 is 0 Å². The van der Waals surface area contributed by atoms with Gasteiger partial charge in [0, 0.05) is 11.9 Å². The molecule has 8 heteroatoms. The minimum Gasteiger partial charge on any atom is -0.313 e. The van der Waals surface area contributed by atoms with Crippen LogP contribution in [0.2, 0.25) is 0 Å². The van der Waals surface area contributed by atoms with Gasteiger partial charge in [-0.05, 0) is 23.6 Å². The Balaban J connectivity index is 2.33. The van der Waals surface area contributed by atoms with E-state index in [-0.39, 0.29) is 0 Å². The van der Waals surface area contributed by atoms with Crippen molar-refractivity contribution in [2.75, 3.05) is 4.72 Å². The summed E-state index contributed by atoms with van der Waals surface area (Å²) in [6, 6.07) is 6.85. The van der Waals surface area contributed by atoms with Gasteiger partial charge >= 0.3 is 5.69 Å². The quantitative estimate of drug-likeness (QED) is 0.781. The number of rotatable bonds is 4. The summed E-state index contributed by atoms with van der Waals surface area (Å²) in [6.07, 6.45) is 0.867. The smallest absolute Gasteiger partial charge is 0.313 e. The van der Waals surface area contributed by atoms with E-state index in [2.05, 4.69) is 9.71 Å². The molecule has 0 aliphatic heterocycles.